The lowest BCUT2D eigenvalue weighted by atomic mass is 10.2. The van der Waals surface area contributed by atoms with Crippen molar-refractivity contribution in [2.75, 3.05) is 13.2 Å². The van der Waals surface area contributed by atoms with Crippen molar-refractivity contribution in [3.8, 4) is 34.1 Å². The molecular weight excluding hydrogens is 330 g/mol. The molecule has 4 heterocycles. The second kappa shape index (κ2) is 6.11. The third kappa shape index (κ3) is 2.54. The largest absolute Gasteiger partial charge is 0.490 e. The Labute approximate surface area is 149 Å². The fourth-order valence-corrected chi connectivity index (χ4v) is 2.95. The van der Waals surface area contributed by atoms with Crippen LogP contribution in [-0.4, -0.2) is 37.8 Å². The molecule has 0 bridgehead atoms. The fraction of sp³-hybridized carbons (Fsp3) is 0.158. The lowest BCUT2D eigenvalue weighted by molar-refractivity contribution is 0.297. The SMILES string of the molecule is c1cncc(-c2ccnc3nc(-c4ccc5c(c4)OCCCO5)nn23)c1. The Morgan fingerprint density at radius 3 is 2.73 bits per heavy atom. The molecule has 0 spiro atoms. The highest BCUT2D eigenvalue weighted by atomic mass is 16.5. The van der Waals surface area contributed by atoms with Gasteiger partial charge in [0.05, 0.1) is 18.9 Å². The second-order valence-corrected chi connectivity index (χ2v) is 5.93. The van der Waals surface area contributed by atoms with Gasteiger partial charge in [-0.1, -0.05) is 0 Å². The second-order valence-electron chi connectivity index (χ2n) is 5.93. The van der Waals surface area contributed by atoms with Crippen LogP contribution in [0.5, 0.6) is 11.5 Å². The molecule has 1 aliphatic rings. The van der Waals surface area contributed by atoms with Gasteiger partial charge in [0, 0.05) is 36.1 Å². The molecule has 7 nitrogen and oxygen atoms in total. The molecule has 0 unspecified atom stereocenters. The Balaban J connectivity index is 1.62. The summed E-state index contributed by atoms with van der Waals surface area (Å²) in [6.07, 6.45) is 6.13. The Hall–Kier alpha value is -3.48. The zero-order valence-electron chi connectivity index (χ0n) is 13.9. The van der Waals surface area contributed by atoms with Crippen LogP contribution >= 0.6 is 0 Å². The summed E-state index contributed by atoms with van der Waals surface area (Å²) in [6, 6.07) is 11.5. The molecule has 1 aliphatic heterocycles. The van der Waals surface area contributed by atoms with E-state index in [1.807, 2.05) is 36.4 Å². The Bertz CT molecular complexity index is 1080. The predicted molar refractivity (Wildman–Crippen MR) is 95.1 cm³/mol. The van der Waals surface area contributed by atoms with Gasteiger partial charge in [-0.2, -0.15) is 9.50 Å². The van der Waals surface area contributed by atoms with E-state index in [9.17, 15) is 0 Å². The molecule has 0 saturated heterocycles. The molecule has 0 N–H and O–H groups in total. The average molecular weight is 345 g/mol. The van der Waals surface area contributed by atoms with Crippen LogP contribution in [0.4, 0.5) is 0 Å². The summed E-state index contributed by atoms with van der Waals surface area (Å²) in [5.41, 5.74) is 2.70. The third-order valence-corrected chi connectivity index (χ3v) is 4.20. The van der Waals surface area contributed by atoms with Crippen molar-refractivity contribution in [1.82, 2.24) is 24.6 Å². The maximum absolute atomic E-state index is 5.77. The first-order valence-electron chi connectivity index (χ1n) is 8.41. The number of benzene rings is 1. The molecule has 1 aromatic carbocycles. The van der Waals surface area contributed by atoms with Gasteiger partial charge in [-0.3, -0.25) is 4.98 Å². The van der Waals surface area contributed by atoms with Crippen LogP contribution in [0.25, 0.3) is 28.4 Å². The van der Waals surface area contributed by atoms with Gasteiger partial charge < -0.3 is 9.47 Å². The normalized spacial score (nSPS) is 13.5. The van der Waals surface area contributed by atoms with Crippen molar-refractivity contribution in [3.63, 3.8) is 0 Å². The smallest absolute Gasteiger partial charge is 0.253 e. The summed E-state index contributed by atoms with van der Waals surface area (Å²) in [4.78, 5) is 13.1. The molecule has 0 radical (unpaired) electrons. The van der Waals surface area contributed by atoms with Gasteiger partial charge in [0.25, 0.3) is 5.78 Å². The standard InChI is InChI=1S/C19H15N5O2/c1-3-14(12-20-7-1)15-6-8-21-19-22-18(23-24(15)19)13-4-5-16-17(11-13)26-10-2-9-25-16/h1,3-8,11-12H,2,9-10H2. The van der Waals surface area contributed by atoms with E-state index < -0.39 is 0 Å². The van der Waals surface area contributed by atoms with Crippen LogP contribution in [0.3, 0.4) is 0 Å². The summed E-state index contributed by atoms with van der Waals surface area (Å²) in [7, 11) is 0. The van der Waals surface area contributed by atoms with Crippen molar-refractivity contribution in [2.24, 2.45) is 0 Å². The quantitative estimate of drug-likeness (QED) is 0.556. The van der Waals surface area contributed by atoms with Crippen molar-refractivity contribution < 1.29 is 9.47 Å². The van der Waals surface area contributed by atoms with Crippen LogP contribution in [-0.2, 0) is 0 Å². The van der Waals surface area contributed by atoms with E-state index in [1.165, 1.54) is 0 Å². The number of hydrogen-bond donors (Lipinski definition) is 0. The number of rotatable bonds is 2. The molecule has 128 valence electrons. The van der Waals surface area contributed by atoms with Gasteiger partial charge in [-0.15, -0.1) is 5.10 Å². The number of fused-ring (bicyclic) bond motifs is 2. The number of nitrogens with zero attached hydrogens (tertiary/aromatic N) is 5. The summed E-state index contributed by atoms with van der Waals surface area (Å²) in [6.45, 7) is 1.30. The summed E-state index contributed by atoms with van der Waals surface area (Å²) in [5, 5.41) is 4.65. The third-order valence-electron chi connectivity index (χ3n) is 4.20. The van der Waals surface area contributed by atoms with Crippen LogP contribution in [0, 0.1) is 0 Å². The Kier molecular flexibility index (Phi) is 3.48. The molecule has 3 aromatic heterocycles. The zero-order valence-corrected chi connectivity index (χ0v) is 13.9. The first kappa shape index (κ1) is 14.8. The van der Waals surface area contributed by atoms with Crippen molar-refractivity contribution in [3.05, 3.63) is 55.0 Å². The van der Waals surface area contributed by atoms with Gasteiger partial charge in [-0.25, -0.2) is 4.98 Å². The van der Waals surface area contributed by atoms with Gasteiger partial charge in [0.2, 0.25) is 0 Å². The molecule has 0 atom stereocenters. The maximum Gasteiger partial charge on any atom is 0.253 e. The van der Waals surface area contributed by atoms with Gasteiger partial charge in [0.15, 0.2) is 17.3 Å². The highest BCUT2D eigenvalue weighted by Crippen LogP contribution is 2.33. The fourth-order valence-electron chi connectivity index (χ4n) is 2.95. The van der Waals surface area contributed by atoms with Gasteiger partial charge in [-0.05, 0) is 36.4 Å². The molecule has 0 aliphatic carbocycles. The zero-order chi connectivity index (χ0) is 17.3. The van der Waals surface area contributed by atoms with E-state index in [2.05, 4.69) is 20.1 Å². The summed E-state index contributed by atoms with van der Waals surface area (Å²) in [5.74, 6) is 2.60. The van der Waals surface area contributed by atoms with Crippen LogP contribution in [0.15, 0.2) is 55.0 Å². The molecular formula is C19H15N5O2. The van der Waals surface area contributed by atoms with Crippen LogP contribution in [0.2, 0.25) is 0 Å². The topological polar surface area (TPSA) is 74.4 Å². The van der Waals surface area contributed by atoms with E-state index in [1.54, 1.807) is 23.1 Å². The molecule has 7 heteroatoms. The van der Waals surface area contributed by atoms with E-state index in [4.69, 9.17) is 9.47 Å². The van der Waals surface area contributed by atoms with E-state index in [0.717, 1.165) is 34.7 Å². The Morgan fingerprint density at radius 2 is 1.85 bits per heavy atom. The number of pyridine rings is 1. The molecule has 4 aromatic rings. The van der Waals surface area contributed by atoms with Crippen molar-refractivity contribution in [1.29, 1.82) is 0 Å². The molecule has 5 rings (SSSR count). The van der Waals surface area contributed by atoms with Gasteiger partial charge >= 0.3 is 0 Å². The van der Waals surface area contributed by atoms with Crippen LogP contribution < -0.4 is 9.47 Å². The number of ether oxygens (including phenoxy) is 2. The minimum atomic E-state index is 0.536. The van der Waals surface area contributed by atoms with Crippen LogP contribution in [0.1, 0.15) is 6.42 Å². The molecule has 0 amide bonds. The van der Waals surface area contributed by atoms with E-state index in [0.29, 0.717) is 24.8 Å². The summed E-state index contributed by atoms with van der Waals surface area (Å²) >= 11 is 0. The highest BCUT2D eigenvalue weighted by Gasteiger charge is 2.15. The molecule has 0 saturated carbocycles. The lowest BCUT2D eigenvalue weighted by Gasteiger charge is -2.07. The van der Waals surface area contributed by atoms with Crippen molar-refractivity contribution >= 4 is 5.78 Å². The van der Waals surface area contributed by atoms with Gasteiger partial charge in [0.1, 0.15) is 0 Å². The number of hydrogen-bond acceptors (Lipinski definition) is 6. The highest BCUT2D eigenvalue weighted by molar-refractivity contribution is 5.65. The first-order chi connectivity index (χ1) is 12.9. The monoisotopic (exact) mass is 345 g/mol. The molecule has 0 fully saturated rings. The lowest BCUT2D eigenvalue weighted by Crippen LogP contribution is -1.97. The predicted octanol–water partition coefficient (Wildman–Crippen LogP) is 3.01. The minimum Gasteiger partial charge on any atom is -0.490 e. The average Bonchev–Trinajstić information content (AvgIpc) is 2.99. The van der Waals surface area contributed by atoms with E-state index in [-0.39, 0.29) is 0 Å². The minimum absolute atomic E-state index is 0.536. The summed E-state index contributed by atoms with van der Waals surface area (Å²) < 4.78 is 13.2. The Morgan fingerprint density at radius 1 is 0.923 bits per heavy atom. The number of aromatic nitrogens is 5. The van der Waals surface area contributed by atoms with Crippen molar-refractivity contribution in [2.45, 2.75) is 6.42 Å². The maximum atomic E-state index is 5.77. The first-order valence-corrected chi connectivity index (χ1v) is 8.41. The van der Waals surface area contributed by atoms with E-state index >= 15 is 0 Å². The molecule has 26 heavy (non-hydrogen) atoms.